The molecule has 0 unspecified atom stereocenters. The van der Waals surface area contributed by atoms with E-state index in [9.17, 15) is 13.2 Å². The molecule has 0 aliphatic rings. The number of rotatable bonds is 1. The summed E-state index contributed by atoms with van der Waals surface area (Å²) in [6.07, 6.45) is 0. The van der Waals surface area contributed by atoms with Gasteiger partial charge < -0.3 is 0 Å². The minimum Gasteiger partial charge on any atom is -0.207 e. The van der Waals surface area contributed by atoms with Gasteiger partial charge in [-0.05, 0) is 51.8 Å². The van der Waals surface area contributed by atoms with Crippen molar-refractivity contribution in [1.29, 1.82) is 0 Å². The second kappa shape index (κ2) is 4.29. The normalized spacial score (nSPS) is 10.5. The van der Waals surface area contributed by atoms with E-state index in [1.807, 2.05) is 0 Å². The zero-order valence-electron chi connectivity index (χ0n) is 7.98. The number of halogens is 4. The molecule has 0 heterocycles. The molecule has 0 aliphatic heterocycles. The summed E-state index contributed by atoms with van der Waals surface area (Å²) < 4.78 is 39.8. The fourth-order valence-corrected chi connectivity index (χ4v) is 1.63. The summed E-state index contributed by atoms with van der Waals surface area (Å²) in [6, 6.07) is 7.21. The first-order valence-corrected chi connectivity index (χ1v) is 5.27. The Morgan fingerprint density at radius 3 is 2.25 bits per heavy atom. The molecule has 0 aliphatic carbocycles. The maximum Gasteiger partial charge on any atom is 0.137 e. The van der Waals surface area contributed by atoms with Crippen molar-refractivity contribution in [2.24, 2.45) is 0 Å². The van der Waals surface area contributed by atoms with Crippen molar-refractivity contribution in [2.75, 3.05) is 0 Å². The lowest BCUT2D eigenvalue weighted by Crippen LogP contribution is -1.88. The van der Waals surface area contributed by atoms with E-state index in [4.69, 9.17) is 0 Å². The maximum atomic E-state index is 13.4. The summed E-state index contributed by atoms with van der Waals surface area (Å²) in [5, 5.41) is 0. The molecule has 2 aromatic carbocycles. The zero-order valence-corrected chi connectivity index (χ0v) is 9.56. The lowest BCUT2D eigenvalue weighted by molar-refractivity contribution is 0.602. The zero-order chi connectivity index (χ0) is 11.7. The van der Waals surface area contributed by atoms with Crippen molar-refractivity contribution in [1.82, 2.24) is 0 Å². The summed E-state index contributed by atoms with van der Waals surface area (Å²) in [4.78, 5) is 0. The van der Waals surface area contributed by atoms with Crippen LogP contribution in [0.1, 0.15) is 0 Å². The van der Waals surface area contributed by atoms with Gasteiger partial charge in [0.05, 0.1) is 4.47 Å². The molecule has 0 spiro atoms. The molecule has 16 heavy (non-hydrogen) atoms. The first kappa shape index (κ1) is 11.2. The van der Waals surface area contributed by atoms with E-state index in [1.54, 1.807) is 0 Å². The van der Waals surface area contributed by atoms with E-state index < -0.39 is 17.5 Å². The molecule has 4 heteroatoms. The molecule has 0 saturated heterocycles. The molecule has 0 bridgehead atoms. The van der Waals surface area contributed by atoms with Gasteiger partial charge in [-0.25, -0.2) is 13.2 Å². The summed E-state index contributed by atoms with van der Waals surface area (Å²) in [6.45, 7) is 0. The Balaban J connectivity index is 2.58. The Hall–Kier alpha value is -1.29. The quantitative estimate of drug-likeness (QED) is 0.722. The van der Waals surface area contributed by atoms with Crippen molar-refractivity contribution >= 4 is 15.9 Å². The predicted molar refractivity (Wildman–Crippen MR) is 59.5 cm³/mol. The molecule has 2 rings (SSSR count). The Morgan fingerprint density at radius 2 is 1.56 bits per heavy atom. The third kappa shape index (κ3) is 2.11. The van der Waals surface area contributed by atoms with Gasteiger partial charge in [0.2, 0.25) is 0 Å². The van der Waals surface area contributed by atoms with Crippen molar-refractivity contribution in [2.45, 2.75) is 0 Å². The largest absolute Gasteiger partial charge is 0.207 e. The molecule has 0 amide bonds. The van der Waals surface area contributed by atoms with Crippen molar-refractivity contribution < 1.29 is 13.2 Å². The molecule has 82 valence electrons. The monoisotopic (exact) mass is 286 g/mol. The highest BCUT2D eigenvalue weighted by Gasteiger charge is 2.08. The van der Waals surface area contributed by atoms with Crippen LogP contribution in [-0.4, -0.2) is 0 Å². The molecule has 2 aromatic rings. The number of benzene rings is 2. The molecule has 0 fully saturated rings. The fraction of sp³-hybridized carbons (Fsp3) is 0. The molecule has 0 atom stereocenters. The third-order valence-corrected chi connectivity index (χ3v) is 2.80. The average Bonchev–Trinajstić information content (AvgIpc) is 2.26. The van der Waals surface area contributed by atoms with Crippen LogP contribution >= 0.6 is 15.9 Å². The van der Waals surface area contributed by atoms with Crippen molar-refractivity contribution in [3.8, 4) is 11.1 Å². The molecular formula is C12H6BrF3. The van der Waals surface area contributed by atoms with Crippen LogP contribution in [0.5, 0.6) is 0 Å². The van der Waals surface area contributed by atoms with Gasteiger partial charge in [-0.1, -0.05) is 6.07 Å². The van der Waals surface area contributed by atoms with E-state index in [0.29, 0.717) is 5.56 Å². The van der Waals surface area contributed by atoms with Crippen LogP contribution in [0.15, 0.2) is 40.9 Å². The molecular weight excluding hydrogens is 281 g/mol. The van der Waals surface area contributed by atoms with Gasteiger partial charge in [-0.2, -0.15) is 0 Å². The fourth-order valence-electron chi connectivity index (χ4n) is 1.38. The van der Waals surface area contributed by atoms with Crippen LogP contribution in [0.4, 0.5) is 13.2 Å². The van der Waals surface area contributed by atoms with E-state index in [1.165, 1.54) is 12.1 Å². The van der Waals surface area contributed by atoms with Gasteiger partial charge >= 0.3 is 0 Å². The standard InChI is InChI=1S/C12H6BrF3/c13-10-3-1-7(5-12(10)16)9-6-8(14)2-4-11(9)15/h1-6H. The minimum absolute atomic E-state index is 0.0476. The minimum atomic E-state index is -0.580. The second-order valence-electron chi connectivity index (χ2n) is 3.25. The van der Waals surface area contributed by atoms with Crippen LogP contribution in [0.2, 0.25) is 0 Å². The topological polar surface area (TPSA) is 0 Å². The molecule has 0 N–H and O–H groups in total. The van der Waals surface area contributed by atoms with Crippen LogP contribution < -0.4 is 0 Å². The third-order valence-electron chi connectivity index (χ3n) is 2.16. The van der Waals surface area contributed by atoms with Gasteiger partial charge in [0.15, 0.2) is 0 Å². The van der Waals surface area contributed by atoms with E-state index >= 15 is 0 Å². The molecule has 0 radical (unpaired) electrons. The van der Waals surface area contributed by atoms with Gasteiger partial charge in [0.25, 0.3) is 0 Å². The van der Waals surface area contributed by atoms with Crippen LogP contribution in [0.25, 0.3) is 11.1 Å². The van der Waals surface area contributed by atoms with Gasteiger partial charge in [-0.3, -0.25) is 0 Å². The molecule has 0 saturated carbocycles. The average molecular weight is 287 g/mol. The SMILES string of the molecule is Fc1ccc(F)c(-c2ccc(Br)c(F)c2)c1. The first-order valence-electron chi connectivity index (χ1n) is 4.48. The highest BCUT2D eigenvalue weighted by atomic mass is 79.9. The predicted octanol–water partition coefficient (Wildman–Crippen LogP) is 4.53. The Labute approximate surface area is 98.9 Å². The molecule has 0 nitrogen and oxygen atoms in total. The number of hydrogen-bond donors (Lipinski definition) is 0. The van der Waals surface area contributed by atoms with Gasteiger partial charge in [0, 0.05) is 5.56 Å². The maximum absolute atomic E-state index is 13.4. The smallest absolute Gasteiger partial charge is 0.137 e. The first-order chi connectivity index (χ1) is 7.58. The highest BCUT2D eigenvalue weighted by molar-refractivity contribution is 9.10. The summed E-state index contributed by atoms with van der Waals surface area (Å²) >= 11 is 2.99. The van der Waals surface area contributed by atoms with Crippen LogP contribution in [0.3, 0.4) is 0 Å². The summed E-state index contributed by atoms with van der Waals surface area (Å²) in [5.74, 6) is -1.65. The lowest BCUT2D eigenvalue weighted by atomic mass is 10.1. The summed E-state index contributed by atoms with van der Waals surface area (Å²) in [7, 11) is 0. The van der Waals surface area contributed by atoms with E-state index in [0.717, 1.165) is 24.3 Å². The van der Waals surface area contributed by atoms with Crippen molar-refractivity contribution in [3.63, 3.8) is 0 Å². The second-order valence-corrected chi connectivity index (χ2v) is 4.11. The van der Waals surface area contributed by atoms with E-state index in [2.05, 4.69) is 15.9 Å². The van der Waals surface area contributed by atoms with Crippen LogP contribution in [-0.2, 0) is 0 Å². The Bertz CT molecular complexity index is 538. The van der Waals surface area contributed by atoms with Gasteiger partial charge in [-0.15, -0.1) is 0 Å². The van der Waals surface area contributed by atoms with Crippen molar-refractivity contribution in [3.05, 3.63) is 58.3 Å². The Kier molecular flexibility index (Phi) is 3.01. The molecule has 0 aromatic heterocycles. The Morgan fingerprint density at radius 1 is 0.812 bits per heavy atom. The highest BCUT2D eigenvalue weighted by Crippen LogP contribution is 2.27. The lowest BCUT2D eigenvalue weighted by Gasteiger charge is -2.04. The van der Waals surface area contributed by atoms with Crippen LogP contribution in [0, 0.1) is 17.5 Å². The summed E-state index contributed by atoms with van der Waals surface area (Å²) in [5.41, 5.74) is 0.351. The van der Waals surface area contributed by atoms with Gasteiger partial charge in [0.1, 0.15) is 17.5 Å². The van der Waals surface area contributed by atoms with E-state index in [-0.39, 0.29) is 10.0 Å². The number of hydrogen-bond acceptors (Lipinski definition) is 0.